The Morgan fingerprint density at radius 2 is 2.25 bits per heavy atom. The molecule has 3 rings (SSSR count). The van der Waals surface area contributed by atoms with Gasteiger partial charge in [0.2, 0.25) is 17.6 Å². The lowest BCUT2D eigenvalue weighted by molar-refractivity contribution is -0.146. The maximum absolute atomic E-state index is 12.3. The molecule has 1 saturated heterocycles. The fourth-order valence-electron chi connectivity index (χ4n) is 2.97. The Morgan fingerprint density at radius 3 is 2.96 bits per heavy atom. The van der Waals surface area contributed by atoms with E-state index in [4.69, 9.17) is 8.94 Å². The van der Waals surface area contributed by atoms with Crippen molar-refractivity contribution in [3.8, 4) is 11.6 Å². The number of aryl methyl sites for hydroxylation is 1. The molecule has 128 valence electrons. The number of piperidine rings is 1. The van der Waals surface area contributed by atoms with Crippen molar-refractivity contribution >= 4 is 11.9 Å². The van der Waals surface area contributed by atoms with Crippen LogP contribution < -0.4 is 0 Å². The van der Waals surface area contributed by atoms with Crippen LogP contribution in [0.25, 0.3) is 11.6 Å². The van der Waals surface area contributed by atoms with Gasteiger partial charge in [-0.15, -0.1) is 0 Å². The van der Waals surface area contributed by atoms with Crippen LogP contribution in [0, 0.1) is 11.8 Å². The lowest BCUT2D eigenvalue weighted by Crippen LogP contribution is -2.45. The smallest absolute Gasteiger partial charge is 0.308 e. The van der Waals surface area contributed by atoms with Crippen molar-refractivity contribution in [2.24, 2.45) is 11.8 Å². The summed E-state index contributed by atoms with van der Waals surface area (Å²) in [6, 6.07) is 3.45. The topological polar surface area (TPSA) is 110 Å². The Balaban J connectivity index is 1.56. The summed E-state index contributed by atoms with van der Waals surface area (Å²) in [5.74, 6) is -0.0469. The van der Waals surface area contributed by atoms with Crippen LogP contribution in [0.15, 0.2) is 27.3 Å². The molecule has 0 aliphatic carbocycles. The highest BCUT2D eigenvalue weighted by atomic mass is 16.5. The number of amides is 1. The van der Waals surface area contributed by atoms with Crippen LogP contribution in [-0.4, -0.2) is 45.1 Å². The molecule has 8 nitrogen and oxygen atoms in total. The molecule has 0 bridgehead atoms. The summed E-state index contributed by atoms with van der Waals surface area (Å²) >= 11 is 0. The molecule has 0 saturated carbocycles. The second kappa shape index (κ2) is 6.86. The van der Waals surface area contributed by atoms with Crippen LogP contribution >= 0.6 is 0 Å². The van der Waals surface area contributed by atoms with Crippen molar-refractivity contribution in [1.29, 1.82) is 0 Å². The van der Waals surface area contributed by atoms with E-state index in [1.54, 1.807) is 17.0 Å². The first-order valence-corrected chi connectivity index (χ1v) is 7.90. The number of carbonyl (C=O) groups is 2. The number of nitrogens with zero attached hydrogens (tertiary/aromatic N) is 3. The minimum absolute atomic E-state index is 0.0921. The summed E-state index contributed by atoms with van der Waals surface area (Å²) in [7, 11) is 0. The third-order valence-corrected chi connectivity index (χ3v) is 4.12. The first kappa shape index (κ1) is 16.2. The first-order chi connectivity index (χ1) is 11.5. The highest BCUT2D eigenvalue weighted by molar-refractivity contribution is 5.78. The van der Waals surface area contributed by atoms with Crippen LogP contribution in [0.4, 0.5) is 0 Å². The monoisotopic (exact) mass is 333 g/mol. The number of likely N-dealkylation sites (tertiary alicyclic amines) is 1. The fourth-order valence-corrected chi connectivity index (χ4v) is 2.97. The second-order valence-corrected chi connectivity index (χ2v) is 6.16. The average Bonchev–Trinajstić information content (AvgIpc) is 3.23. The van der Waals surface area contributed by atoms with Gasteiger partial charge in [0, 0.05) is 25.9 Å². The summed E-state index contributed by atoms with van der Waals surface area (Å²) < 4.78 is 10.3. The van der Waals surface area contributed by atoms with Gasteiger partial charge < -0.3 is 18.9 Å². The van der Waals surface area contributed by atoms with Gasteiger partial charge in [-0.3, -0.25) is 9.59 Å². The highest BCUT2D eigenvalue weighted by Crippen LogP contribution is 2.23. The largest absolute Gasteiger partial charge is 0.481 e. The quantitative estimate of drug-likeness (QED) is 0.888. The van der Waals surface area contributed by atoms with Crippen molar-refractivity contribution in [2.45, 2.75) is 26.2 Å². The van der Waals surface area contributed by atoms with Crippen molar-refractivity contribution in [1.82, 2.24) is 15.0 Å². The predicted molar refractivity (Wildman–Crippen MR) is 81.8 cm³/mol. The van der Waals surface area contributed by atoms with E-state index in [0.717, 1.165) is 0 Å². The summed E-state index contributed by atoms with van der Waals surface area (Å²) in [6.07, 6.45) is 2.65. The molecule has 0 spiro atoms. The van der Waals surface area contributed by atoms with Crippen molar-refractivity contribution in [3.05, 3.63) is 24.3 Å². The molecule has 2 aromatic heterocycles. The molecule has 2 atom stereocenters. The highest BCUT2D eigenvalue weighted by Gasteiger charge is 2.31. The van der Waals surface area contributed by atoms with Crippen molar-refractivity contribution < 1.29 is 23.6 Å². The predicted octanol–water partition coefficient (Wildman–Crippen LogP) is 1.83. The van der Waals surface area contributed by atoms with Gasteiger partial charge >= 0.3 is 5.97 Å². The van der Waals surface area contributed by atoms with Crippen LogP contribution in [0.2, 0.25) is 0 Å². The lowest BCUT2D eigenvalue weighted by Gasteiger charge is -2.34. The molecular weight excluding hydrogens is 314 g/mol. The molecule has 0 radical (unpaired) electrons. The molecule has 3 heterocycles. The number of aliphatic carboxylic acids is 1. The molecule has 24 heavy (non-hydrogen) atoms. The number of furan rings is 1. The Kier molecular flexibility index (Phi) is 4.64. The van der Waals surface area contributed by atoms with E-state index in [1.165, 1.54) is 6.26 Å². The number of hydrogen-bond acceptors (Lipinski definition) is 6. The van der Waals surface area contributed by atoms with E-state index in [2.05, 4.69) is 10.1 Å². The zero-order valence-corrected chi connectivity index (χ0v) is 13.3. The summed E-state index contributed by atoms with van der Waals surface area (Å²) in [5.41, 5.74) is 0. The third kappa shape index (κ3) is 3.64. The number of carboxylic acids is 1. The fraction of sp³-hybridized carbons (Fsp3) is 0.500. The molecule has 2 aromatic rings. The van der Waals surface area contributed by atoms with Crippen molar-refractivity contribution in [3.63, 3.8) is 0 Å². The molecule has 0 aromatic carbocycles. The zero-order chi connectivity index (χ0) is 17.1. The number of rotatable bonds is 5. The SMILES string of the molecule is CC1CC(C(=O)O)CN(C(=O)CCc2nc(-c3ccco3)no2)C1. The Labute approximate surface area is 138 Å². The van der Waals surface area contributed by atoms with Gasteiger partial charge in [0.25, 0.3) is 0 Å². The van der Waals surface area contributed by atoms with Crippen LogP contribution in [0.3, 0.4) is 0 Å². The Hall–Kier alpha value is -2.64. The Bertz CT molecular complexity index is 709. The molecule has 2 unspecified atom stereocenters. The number of carboxylic acid groups (broad SMARTS) is 1. The molecule has 1 aliphatic heterocycles. The minimum Gasteiger partial charge on any atom is -0.481 e. The van der Waals surface area contributed by atoms with Gasteiger partial charge in [-0.1, -0.05) is 12.1 Å². The van der Waals surface area contributed by atoms with Gasteiger partial charge in [-0.2, -0.15) is 4.98 Å². The van der Waals surface area contributed by atoms with Crippen molar-refractivity contribution in [2.75, 3.05) is 13.1 Å². The van der Waals surface area contributed by atoms with E-state index in [1.807, 2.05) is 6.92 Å². The van der Waals surface area contributed by atoms with E-state index in [0.29, 0.717) is 36.9 Å². The van der Waals surface area contributed by atoms with Crippen LogP contribution in [0.1, 0.15) is 25.7 Å². The van der Waals surface area contributed by atoms with Gasteiger partial charge in [0.05, 0.1) is 12.2 Å². The summed E-state index contributed by atoms with van der Waals surface area (Å²) in [5, 5.41) is 13.0. The maximum Gasteiger partial charge on any atom is 0.308 e. The molecular formula is C16H19N3O5. The second-order valence-electron chi connectivity index (χ2n) is 6.16. The van der Waals surface area contributed by atoms with E-state index < -0.39 is 11.9 Å². The normalized spacial score (nSPS) is 21.0. The number of aromatic nitrogens is 2. The third-order valence-electron chi connectivity index (χ3n) is 4.12. The van der Waals surface area contributed by atoms with Gasteiger partial charge in [0.1, 0.15) is 0 Å². The van der Waals surface area contributed by atoms with Crippen LogP contribution in [-0.2, 0) is 16.0 Å². The van der Waals surface area contributed by atoms with E-state index in [9.17, 15) is 14.7 Å². The number of hydrogen-bond donors (Lipinski definition) is 1. The number of carbonyl (C=O) groups excluding carboxylic acids is 1. The van der Waals surface area contributed by atoms with E-state index in [-0.39, 0.29) is 24.8 Å². The van der Waals surface area contributed by atoms with E-state index >= 15 is 0 Å². The molecule has 1 amide bonds. The minimum atomic E-state index is -0.848. The first-order valence-electron chi connectivity index (χ1n) is 7.90. The van der Waals surface area contributed by atoms with Gasteiger partial charge in [-0.25, -0.2) is 0 Å². The zero-order valence-electron chi connectivity index (χ0n) is 13.3. The standard InChI is InChI=1S/C16H19N3O5/c1-10-7-11(16(21)22)9-19(8-10)14(20)5-4-13-17-15(18-24-13)12-3-2-6-23-12/h2-3,6,10-11H,4-5,7-9H2,1H3,(H,21,22). The summed E-state index contributed by atoms with van der Waals surface area (Å²) in [4.78, 5) is 29.3. The molecule has 8 heteroatoms. The molecule has 1 aliphatic rings. The maximum atomic E-state index is 12.3. The van der Waals surface area contributed by atoms with Gasteiger partial charge in [0.15, 0.2) is 5.76 Å². The average molecular weight is 333 g/mol. The molecule has 1 N–H and O–H groups in total. The van der Waals surface area contributed by atoms with Gasteiger partial charge in [-0.05, 0) is 24.5 Å². The molecule has 1 fully saturated rings. The summed E-state index contributed by atoms with van der Waals surface area (Å²) in [6.45, 7) is 2.81. The van der Waals surface area contributed by atoms with Crippen LogP contribution in [0.5, 0.6) is 0 Å². The lowest BCUT2D eigenvalue weighted by atomic mass is 9.90. The Morgan fingerprint density at radius 1 is 1.42 bits per heavy atom.